The SMILES string of the molecule is CC[C@]1(C)CC(=O)N([C@@H]2CCOc3ccc(C(=O)N[C@@H]4c5ccccc5OC[C@H]4OC)cc32)C(=N)N1. The number of nitrogens with one attached hydrogen (secondary N) is 3. The lowest BCUT2D eigenvalue weighted by Gasteiger charge is -2.44. The number of guanidine groups is 1. The third-order valence-corrected chi connectivity index (χ3v) is 7.46. The number of para-hydroxylation sites is 1. The molecule has 0 saturated carbocycles. The molecule has 0 aliphatic carbocycles. The molecule has 2 aromatic carbocycles. The van der Waals surface area contributed by atoms with Crippen molar-refractivity contribution in [2.24, 2.45) is 0 Å². The molecule has 2 amide bonds. The summed E-state index contributed by atoms with van der Waals surface area (Å²) in [5.41, 5.74) is 1.61. The summed E-state index contributed by atoms with van der Waals surface area (Å²) in [7, 11) is 1.60. The zero-order valence-electron chi connectivity index (χ0n) is 20.8. The Balaban J connectivity index is 1.42. The molecule has 0 radical (unpaired) electrons. The number of amides is 2. The Morgan fingerprint density at radius 1 is 1.22 bits per heavy atom. The van der Waals surface area contributed by atoms with Crippen molar-refractivity contribution in [2.45, 2.75) is 56.8 Å². The number of carbonyl (C=O) groups excluding carboxylic acids is 2. The van der Waals surface area contributed by atoms with Crippen molar-refractivity contribution in [3.8, 4) is 11.5 Å². The summed E-state index contributed by atoms with van der Waals surface area (Å²) in [4.78, 5) is 28.1. The normalized spacial score (nSPS) is 27.2. The summed E-state index contributed by atoms with van der Waals surface area (Å²) >= 11 is 0. The number of hydrogen-bond donors (Lipinski definition) is 3. The van der Waals surface area contributed by atoms with Crippen LogP contribution in [-0.4, -0.2) is 54.6 Å². The average molecular weight is 493 g/mol. The van der Waals surface area contributed by atoms with Crippen LogP contribution in [0.15, 0.2) is 42.5 Å². The van der Waals surface area contributed by atoms with Crippen molar-refractivity contribution in [1.29, 1.82) is 5.41 Å². The summed E-state index contributed by atoms with van der Waals surface area (Å²) in [5, 5.41) is 14.9. The van der Waals surface area contributed by atoms with E-state index in [1.54, 1.807) is 25.3 Å². The van der Waals surface area contributed by atoms with Crippen molar-refractivity contribution >= 4 is 17.8 Å². The van der Waals surface area contributed by atoms with Gasteiger partial charge in [-0.25, -0.2) is 0 Å². The van der Waals surface area contributed by atoms with Crippen LogP contribution in [0.2, 0.25) is 0 Å². The Hall–Kier alpha value is -3.59. The van der Waals surface area contributed by atoms with Gasteiger partial charge in [0.15, 0.2) is 5.96 Å². The van der Waals surface area contributed by atoms with E-state index in [9.17, 15) is 9.59 Å². The predicted octanol–water partition coefficient (Wildman–Crippen LogP) is 3.31. The van der Waals surface area contributed by atoms with E-state index in [2.05, 4.69) is 10.6 Å². The number of hydrogen-bond acceptors (Lipinski definition) is 6. The van der Waals surface area contributed by atoms with E-state index in [1.165, 1.54) is 4.90 Å². The molecule has 0 unspecified atom stereocenters. The predicted molar refractivity (Wildman–Crippen MR) is 133 cm³/mol. The Kier molecular flexibility index (Phi) is 6.34. The maximum atomic E-state index is 13.4. The molecule has 3 N–H and O–H groups in total. The molecule has 3 aliphatic rings. The van der Waals surface area contributed by atoms with Gasteiger partial charge in [0.05, 0.1) is 25.1 Å². The van der Waals surface area contributed by atoms with Crippen LogP contribution >= 0.6 is 0 Å². The topological polar surface area (TPSA) is 113 Å². The van der Waals surface area contributed by atoms with Gasteiger partial charge in [0, 0.05) is 35.8 Å². The number of benzene rings is 2. The van der Waals surface area contributed by atoms with E-state index < -0.39 is 5.54 Å². The molecular weight excluding hydrogens is 460 g/mol. The van der Waals surface area contributed by atoms with Gasteiger partial charge in [0.25, 0.3) is 5.91 Å². The van der Waals surface area contributed by atoms with E-state index in [0.717, 1.165) is 23.3 Å². The zero-order chi connectivity index (χ0) is 25.4. The number of rotatable bonds is 5. The molecule has 0 bridgehead atoms. The number of ether oxygens (including phenoxy) is 3. The number of methoxy groups -OCH3 is 1. The van der Waals surface area contributed by atoms with Crippen molar-refractivity contribution in [3.05, 3.63) is 59.2 Å². The number of fused-ring (bicyclic) bond motifs is 2. The van der Waals surface area contributed by atoms with Crippen molar-refractivity contribution in [1.82, 2.24) is 15.5 Å². The van der Waals surface area contributed by atoms with Gasteiger partial charge in [-0.2, -0.15) is 0 Å². The van der Waals surface area contributed by atoms with E-state index >= 15 is 0 Å². The standard InChI is InChI=1S/C27H32N4O5/c1-4-27(2)14-23(32)31(26(28)30-27)19-11-12-35-21-10-9-16(13-18(19)21)25(33)29-24-17-7-5-6-8-20(17)36-15-22(24)34-3/h5-10,13,19,22,24H,4,11-12,14-15H2,1-3H3,(H2,28,30)(H,29,33)/t19-,22-,24-,27-/m1/s1. The van der Waals surface area contributed by atoms with Crippen molar-refractivity contribution in [2.75, 3.05) is 20.3 Å². The van der Waals surface area contributed by atoms with Gasteiger partial charge >= 0.3 is 0 Å². The minimum Gasteiger partial charge on any atom is -0.493 e. The molecule has 1 fully saturated rings. The molecule has 3 aliphatic heterocycles. The molecule has 4 atom stereocenters. The fourth-order valence-electron chi connectivity index (χ4n) is 5.20. The quantitative estimate of drug-likeness (QED) is 0.590. The molecule has 9 nitrogen and oxygen atoms in total. The third kappa shape index (κ3) is 4.28. The van der Waals surface area contributed by atoms with Gasteiger partial charge in [-0.3, -0.25) is 19.9 Å². The molecule has 0 spiro atoms. The lowest BCUT2D eigenvalue weighted by molar-refractivity contribution is -0.132. The molecule has 190 valence electrons. The van der Waals surface area contributed by atoms with Gasteiger partial charge in [-0.05, 0) is 37.6 Å². The van der Waals surface area contributed by atoms with E-state index in [1.807, 2.05) is 38.1 Å². The van der Waals surface area contributed by atoms with Crippen LogP contribution < -0.4 is 20.1 Å². The highest BCUT2D eigenvalue weighted by Crippen LogP contribution is 2.39. The largest absolute Gasteiger partial charge is 0.493 e. The molecule has 9 heteroatoms. The van der Waals surface area contributed by atoms with E-state index in [0.29, 0.717) is 37.4 Å². The van der Waals surface area contributed by atoms with E-state index in [-0.39, 0.29) is 36.0 Å². The van der Waals surface area contributed by atoms with Gasteiger partial charge < -0.3 is 24.8 Å². The van der Waals surface area contributed by atoms with Crippen LogP contribution in [-0.2, 0) is 9.53 Å². The lowest BCUT2D eigenvalue weighted by Crippen LogP contribution is -2.61. The summed E-state index contributed by atoms with van der Waals surface area (Å²) in [6, 6.07) is 12.1. The van der Waals surface area contributed by atoms with Gasteiger partial charge in [-0.1, -0.05) is 25.1 Å². The summed E-state index contributed by atoms with van der Waals surface area (Å²) < 4.78 is 17.2. The molecule has 1 saturated heterocycles. The first kappa shape index (κ1) is 24.1. The monoisotopic (exact) mass is 492 g/mol. The Labute approximate surface area is 210 Å². The number of nitrogens with zero attached hydrogens (tertiary/aromatic N) is 1. The third-order valence-electron chi connectivity index (χ3n) is 7.46. The second-order valence-corrected chi connectivity index (χ2v) is 9.81. The molecular formula is C27H32N4O5. The van der Waals surface area contributed by atoms with Gasteiger partial charge in [-0.15, -0.1) is 0 Å². The average Bonchev–Trinajstić information content (AvgIpc) is 2.88. The lowest BCUT2D eigenvalue weighted by atomic mass is 9.89. The second kappa shape index (κ2) is 9.46. The molecule has 2 aromatic rings. The number of carbonyl (C=O) groups is 2. The highest BCUT2D eigenvalue weighted by molar-refractivity contribution is 6.00. The summed E-state index contributed by atoms with van der Waals surface area (Å²) in [6.07, 6.45) is 1.25. The highest BCUT2D eigenvalue weighted by atomic mass is 16.5. The maximum Gasteiger partial charge on any atom is 0.251 e. The van der Waals surface area contributed by atoms with Crippen molar-refractivity contribution in [3.63, 3.8) is 0 Å². The molecule has 5 rings (SSSR count). The Morgan fingerprint density at radius 2 is 2.00 bits per heavy atom. The van der Waals surface area contributed by atoms with Crippen LogP contribution in [0.3, 0.4) is 0 Å². The fraction of sp³-hybridized carbons (Fsp3) is 0.444. The Bertz CT molecular complexity index is 1180. The maximum absolute atomic E-state index is 13.4. The first-order valence-corrected chi connectivity index (χ1v) is 12.3. The molecule has 36 heavy (non-hydrogen) atoms. The zero-order valence-corrected chi connectivity index (χ0v) is 20.8. The second-order valence-electron chi connectivity index (χ2n) is 9.81. The van der Waals surface area contributed by atoms with Crippen LogP contribution in [0.4, 0.5) is 0 Å². The first-order valence-electron chi connectivity index (χ1n) is 12.3. The minimum absolute atomic E-state index is 0.0880. The van der Waals surface area contributed by atoms with Gasteiger partial charge in [0.2, 0.25) is 5.91 Å². The molecule has 3 heterocycles. The highest BCUT2D eigenvalue weighted by Gasteiger charge is 2.42. The van der Waals surface area contributed by atoms with Crippen LogP contribution in [0.5, 0.6) is 11.5 Å². The fourth-order valence-corrected chi connectivity index (χ4v) is 5.20. The summed E-state index contributed by atoms with van der Waals surface area (Å²) in [6.45, 7) is 4.73. The van der Waals surface area contributed by atoms with Crippen LogP contribution in [0.1, 0.15) is 66.7 Å². The van der Waals surface area contributed by atoms with Gasteiger partial charge in [0.1, 0.15) is 24.2 Å². The Morgan fingerprint density at radius 3 is 2.75 bits per heavy atom. The van der Waals surface area contributed by atoms with Crippen LogP contribution in [0, 0.1) is 5.41 Å². The smallest absolute Gasteiger partial charge is 0.251 e. The van der Waals surface area contributed by atoms with Crippen LogP contribution in [0.25, 0.3) is 0 Å². The molecule has 0 aromatic heterocycles. The minimum atomic E-state index is -0.432. The van der Waals surface area contributed by atoms with Crippen molar-refractivity contribution < 1.29 is 23.8 Å². The summed E-state index contributed by atoms with van der Waals surface area (Å²) in [5.74, 6) is 1.08. The van der Waals surface area contributed by atoms with E-state index in [4.69, 9.17) is 19.6 Å². The first-order chi connectivity index (χ1) is 17.3.